The number of nitrogens with zero attached hydrogens (tertiary/aromatic N) is 3. The van der Waals surface area contributed by atoms with Crippen molar-refractivity contribution >= 4 is 22.2 Å². The molecule has 20 heavy (non-hydrogen) atoms. The first-order valence-corrected chi connectivity index (χ1v) is 6.71. The summed E-state index contributed by atoms with van der Waals surface area (Å²) < 4.78 is 5.57. The summed E-state index contributed by atoms with van der Waals surface area (Å²) in [5.74, 6) is 0.279. The summed E-state index contributed by atoms with van der Waals surface area (Å²) in [6.07, 6.45) is 0. The Morgan fingerprint density at radius 3 is 2.75 bits per heavy atom. The molecule has 0 radical (unpaired) electrons. The van der Waals surface area contributed by atoms with Gasteiger partial charge in [-0.25, -0.2) is 0 Å². The molecule has 2 aromatic rings. The highest BCUT2D eigenvalue weighted by Gasteiger charge is 2.19. The maximum absolute atomic E-state index is 11.1. The third-order valence-electron chi connectivity index (χ3n) is 2.62. The van der Waals surface area contributed by atoms with Crippen molar-refractivity contribution in [3.8, 4) is 5.75 Å². The number of ether oxygens (including phenoxy) is 1. The van der Waals surface area contributed by atoms with Gasteiger partial charge in [0.25, 0.3) is 0 Å². The van der Waals surface area contributed by atoms with Crippen molar-refractivity contribution < 1.29 is 9.66 Å². The molecule has 0 saturated heterocycles. The molecule has 0 atom stereocenters. The van der Waals surface area contributed by atoms with Gasteiger partial charge in [0.15, 0.2) is 10.8 Å². The molecular formula is C12H14N4O3S. The standard InChI is InChI=1S/C12H14N4O3S/c1-7-4-8(2)11(9(5-7)16(17)18)19-6-10-14-15-12(13-3)20-10/h4-5H,6H2,1-3H3,(H,13,15). The molecule has 1 aromatic heterocycles. The van der Waals surface area contributed by atoms with Crippen LogP contribution >= 0.6 is 11.3 Å². The van der Waals surface area contributed by atoms with Crippen LogP contribution in [0.1, 0.15) is 16.1 Å². The lowest BCUT2D eigenvalue weighted by Crippen LogP contribution is -2.01. The van der Waals surface area contributed by atoms with E-state index in [2.05, 4.69) is 15.5 Å². The van der Waals surface area contributed by atoms with Gasteiger partial charge in [0.1, 0.15) is 6.61 Å². The Balaban J connectivity index is 2.22. The van der Waals surface area contributed by atoms with E-state index in [4.69, 9.17) is 4.74 Å². The number of hydrogen-bond donors (Lipinski definition) is 1. The molecule has 0 aliphatic carbocycles. The average molecular weight is 294 g/mol. The van der Waals surface area contributed by atoms with Crippen molar-refractivity contribution in [3.63, 3.8) is 0 Å². The quantitative estimate of drug-likeness (QED) is 0.673. The van der Waals surface area contributed by atoms with Crippen molar-refractivity contribution in [1.29, 1.82) is 0 Å². The van der Waals surface area contributed by atoms with Crippen LogP contribution in [-0.2, 0) is 6.61 Å². The third-order valence-corrected chi connectivity index (χ3v) is 3.53. The van der Waals surface area contributed by atoms with Crippen LogP contribution in [0.2, 0.25) is 0 Å². The molecule has 8 heteroatoms. The average Bonchev–Trinajstić information content (AvgIpc) is 2.84. The molecule has 0 amide bonds. The molecule has 7 nitrogen and oxygen atoms in total. The van der Waals surface area contributed by atoms with E-state index in [1.54, 1.807) is 14.0 Å². The molecule has 0 fully saturated rings. The van der Waals surface area contributed by atoms with Gasteiger partial charge in [-0.3, -0.25) is 10.1 Å². The maximum atomic E-state index is 11.1. The van der Waals surface area contributed by atoms with Gasteiger partial charge in [-0.15, -0.1) is 10.2 Å². The molecule has 2 rings (SSSR count). The monoisotopic (exact) mass is 294 g/mol. The first-order valence-electron chi connectivity index (χ1n) is 5.90. The number of aryl methyl sites for hydroxylation is 2. The zero-order chi connectivity index (χ0) is 14.7. The van der Waals surface area contributed by atoms with Gasteiger partial charge in [-0.05, 0) is 25.0 Å². The highest BCUT2D eigenvalue weighted by molar-refractivity contribution is 7.15. The molecule has 106 valence electrons. The SMILES string of the molecule is CNc1nnc(COc2c(C)cc(C)cc2[N+](=O)[O-])s1. The first kappa shape index (κ1) is 14.2. The molecule has 0 unspecified atom stereocenters. The van der Waals surface area contributed by atoms with Gasteiger partial charge in [-0.1, -0.05) is 17.4 Å². The summed E-state index contributed by atoms with van der Waals surface area (Å²) in [6.45, 7) is 3.76. The molecule has 0 bridgehead atoms. The number of aromatic nitrogens is 2. The van der Waals surface area contributed by atoms with Crippen LogP contribution in [0.25, 0.3) is 0 Å². The Hall–Kier alpha value is -2.22. The van der Waals surface area contributed by atoms with E-state index in [1.165, 1.54) is 17.4 Å². The number of hydrogen-bond acceptors (Lipinski definition) is 7. The Morgan fingerprint density at radius 1 is 1.40 bits per heavy atom. The van der Waals surface area contributed by atoms with E-state index in [9.17, 15) is 10.1 Å². The maximum Gasteiger partial charge on any atom is 0.311 e. The van der Waals surface area contributed by atoms with Crippen LogP contribution in [0.15, 0.2) is 12.1 Å². The van der Waals surface area contributed by atoms with Gasteiger partial charge >= 0.3 is 5.69 Å². The summed E-state index contributed by atoms with van der Waals surface area (Å²) in [5, 5.41) is 23.1. The second-order valence-corrected chi connectivity index (χ2v) is 5.29. The summed E-state index contributed by atoms with van der Waals surface area (Å²) in [5.41, 5.74) is 1.53. The topological polar surface area (TPSA) is 90.2 Å². The molecule has 1 N–H and O–H groups in total. The van der Waals surface area contributed by atoms with E-state index in [0.29, 0.717) is 10.1 Å². The van der Waals surface area contributed by atoms with Crippen molar-refractivity contribution in [2.45, 2.75) is 20.5 Å². The largest absolute Gasteiger partial charge is 0.479 e. The number of nitro groups is 1. The lowest BCUT2D eigenvalue weighted by Gasteiger charge is -2.09. The minimum Gasteiger partial charge on any atom is -0.479 e. The second-order valence-electron chi connectivity index (χ2n) is 4.23. The van der Waals surface area contributed by atoms with Crippen molar-refractivity contribution in [3.05, 3.63) is 38.4 Å². The first-order chi connectivity index (χ1) is 9.51. The van der Waals surface area contributed by atoms with Crippen LogP contribution in [0.5, 0.6) is 5.75 Å². The lowest BCUT2D eigenvalue weighted by atomic mass is 10.1. The smallest absolute Gasteiger partial charge is 0.311 e. The van der Waals surface area contributed by atoms with Crippen LogP contribution in [-0.4, -0.2) is 22.2 Å². The van der Waals surface area contributed by atoms with Crippen LogP contribution in [0, 0.1) is 24.0 Å². The summed E-state index contributed by atoms with van der Waals surface area (Å²) >= 11 is 1.35. The normalized spacial score (nSPS) is 10.3. The summed E-state index contributed by atoms with van der Waals surface area (Å²) in [7, 11) is 1.75. The Morgan fingerprint density at radius 2 is 2.15 bits per heavy atom. The van der Waals surface area contributed by atoms with Crippen molar-refractivity contribution in [1.82, 2.24) is 10.2 Å². The fourth-order valence-electron chi connectivity index (χ4n) is 1.80. The van der Waals surface area contributed by atoms with E-state index in [-0.39, 0.29) is 18.0 Å². The fraction of sp³-hybridized carbons (Fsp3) is 0.333. The molecule has 0 spiro atoms. The van der Waals surface area contributed by atoms with E-state index in [0.717, 1.165) is 11.1 Å². The van der Waals surface area contributed by atoms with Gasteiger partial charge in [0, 0.05) is 13.1 Å². The molecule has 1 aromatic carbocycles. The van der Waals surface area contributed by atoms with Crippen LogP contribution in [0.4, 0.5) is 10.8 Å². The summed E-state index contributed by atoms with van der Waals surface area (Å²) in [4.78, 5) is 10.6. The number of benzene rings is 1. The highest BCUT2D eigenvalue weighted by atomic mass is 32.1. The fourth-order valence-corrected chi connectivity index (χ4v) is 2.41. The van der Waals surface area contributed by atoms with Crippen LogP contribution in [0.3, 0.4) is 0 Å². The van der Waals surface area contributed by atoms with E-state index >= 15 is 0 Å². The van der Waals surface area contributed by atoms with Gasteiger partial charge in [0.2, 0.25) is 5.13 Å². The molecule has 1 heterocycles. The van der Waals surface area contributed by atoms with Gasteiger partial charge in [-0.2, -0.15) is 0 Å². The lowest BCUT2D eigenvalue weighted by molar-refractivity contribution is -0.386. The zero-order valence-corrected chi connectivity index (χ0v) is 12.2. The number of nitrogens with one attached hydrogen (secondary N) is 1. The Kier molecular flexibility index (Phi) is 4.14. The molecule has 0 aliphatic rings. The number of anilines is 1. The predicted molar refractivity (Wildman–Crippen MR) is 76.4 cm³/mol. The van der Waals surface area contributed by atoms with Crippen LogP contribution < -0.4 is 10.1 Å². The third kappa shape index (κ3) is 3.02. The summed E-state index contributed by atoms with van der Waals surface area (Å²) in [6, 6.07) is 3.35. The second kappa shape index (κ2) is 5.83. The van der Waals surface area contributed by atoms with E-state index < -0.39 is 4.92 Å². The molecular weight excluding hydrogens is 280 g/mol. The predicted octanol–water partition coefficient (Wildman–Crippen LogP) is 2.68. The van der Waals surface area contributed by atoms with Gasteiger partial charge < -0.3 is 10.1 Å². The number of rotatable bonds is 5. The van der Waals surface area contributed by atoms with E-state index in [1.807, 2.05) is 13.0 Å². The van der Waals surface area contributed by atoms with Crippen molar-refractivity contribution in [2.24, 2.45) is 0 Å². The zero-order valence-electron chi connectivity index (χ0n) is 11.3. The minimum absolute atomic E-state index is 0.0270. The minimum atomic E-state index is -0.436. The van der Waals surface area contributed by atoms with Crippen molar-refractivity contribution in [2.75, 3.05) is 12.4 Å². The van der Waals surface area contributed by atoms with Gasteiger partial charge in [0.05, 0.1) is 4.92 Å². The Labute approximate surface area is 119 Å². The highest BCUT2D eigenvalue weighted by Crippen LogP contribution is 2.32. The number of nitro benzene ring substituents is 1. The molecule has 0 saturated carbocycles. The molecule has 0 aliphatic heterocycles. The Bertz CT molecular complexity index is 642.